The Bertz CT molecular complexity index is 1580. The number of fused-ring (bicyclic) bond motifs is 3. The average molecular weight is 737 g/mol. The van der Waals surface area contributed by atoms with Gasteiger partial charge in [-0.25, -0.2) is 0 Å². The third-order valence-corrected chi connectivity index (χ3v) is 13.1. The van der Waals surface area contributed by atoms with Crippen LogP contribution in [0.5, 0.6) is 0 Å². The first kappa shape index (κ1) is 41.1. The van der Waals surface area contributed by atoms with E-state index in [2.05, 4.69) is 46.8 Å². The minimum atomic E-state index is -1.19. The molecule has 10 atom stereocenters. The zero-order valence-corrected chi connectivity index (χ0v) is 33.8. The number of rotatable bonds is 3. The summed E-state index contributed by atoms with van der Waals surface area (Å²) in [6.45, 7) is 19.0. The number of allylic oxidation sites excluding steroid dienone is 7. The van der Waals surface area contributed by atoms with Gasteiger partial charge < -0.3 is 24.1 Å². The van der Waals surface area contributed by atoms with Crippen molar-refractivity contribution in [3.8, 4) is 0 Å². The van der Waals surface area contributed by atoms with Gasteiger partial charge in [0.2, 0.25) is 0 Å². The molecule has 4 bridgehead atoms. The maximum atomic E-state index is 15.0. The van der Waals surface area contributed by atoms with Gasteiger partial charge in [0.15, 0.2) is 5.78 Å². The second kappa shape index (κ2) is 16.0. The lowest BCUT2D eigenvalue weighted by Gasteiger charge is -2.49. The lowest BCUT2D eigenvalue weighted by Crippen LogP contribution is -2.56. The van der Waals surface area contributed by atoms with E-state index in [1.54, 1.807) is 6.08 Å². The molecule has 0 radical (unpaired) electrons. The van der Waals surface area contributed by atoms with Crippen LogP contribution in [0.25, 0.3) is 0 Å². The molecule has 3 heterocycles. The fourth-order valence-electron chi connectivity index (χ4n) is 10.4. The SMILES string of the molecule is CC(=O)O[C@H]1C/C(C)=C/CC/C(C)=C\C(=O)C[C@@]23C(=O)O[C@H]([C@H]1C(C)C)[C@@H]2CC(C)=C1CCC(C)(O)[C@@H]2CC[C@](C)(OC(C)=O)[C@@H](CC/C(C)=C/[C@@H]13)O2. The smallest absolute Gasteiger partial charge is 0.314 e. The highest BCUT2D eigenvalue weighted by molar-refractivity contribution is 5.96. The van der Waals surface area contributed by atoms with Crippen molar-refractivity contribution in [3.63, 3.8) is 0 Å². The van der Waals surface area contributed by atoms with Gasteiger partial charge in [0.25, 0.3) is 0 Å². The maximum absolute atomic E-state index is 15.0. The second-order valence-electron chi connectivity index (χ2n) is 17.9. The molecular formula is C44H64O9. The second-order valence-corrected chi connectivity index (χ2v) is 17.9. The molecule has 2 aliphatic carbocycles. The van der Waals surface area contributed by atoms with E-state index in [0.29, 0.717) is 57.8 Å². The number of hydrogen-bond acceptors (Lipinski definition) is 9. The summed E-state index contributed by atoms with van der Waals surface area (Å²) < 4.78 is 25.2. The Morgan fingerprint density at radius 1 is 0.906 bits per heavy atom. The van der Waals surface area contributed by atoms with Crippen molar-refractivity contribution in [3.05, 3.63) is 46.1 Å². The molecule has 1 unspecified atom stereocenters. The number of carbonyl (C=O) groups excluding carboxylic acids is 4. The minimum absolute atomic E-state index is 0.00274. The van der Waals surface area contributed by atoms with Gasteiger partial charge in [-0.15, -0.1) is 0 Å². The van der Waals surface area contributed by atoms with Crippen LogP contribution in [0.1, 0.15) is 140 Å². The molecular weight excluding hydrogens is 672 g/mol. The average Bonchev–Trinajstić information content (AvgIpc) is 3.28. The van der Waals surface area contributed by atoms with Gasteiger partial charge in [-0.1, -0.05) is 53.9 Å². The molecule has 3 aliphatic heterocycles. The number of aliphatic hydroxyl groups is 1. The van der Waals surface area contributed by atoms with Crippen LogP contribution in [0.2, 0.25) is 0 Å². The number of esters is 3. The first-order chi connectivity index (χ1) is 24.8. The molecule has 1 N–H and O–H groups in total. The van der Waals surface area contributed by atoms with Crippen molar-refractivity contribution in [2.45, 2.75) is 175 Å². The zero-order chi connectivity index (χ0) is 39.0. The summed E-state index contributed by atoms with van der Waals surface area (Å²) in [5.74, 6) is -2.28. The molecule has 2 fully saturated rings. The van der Waals surface area contributed by atoms with Gasteiger partial charge >= 0.3 is 17.9 Å². The summed E-state index contributed by atoms with van der Waals surface area (Å²) in [5, 5.41) is 12.0. The first-order valence-electron chi connectivity index (χ1n) is 19.9. The lowest BCUT2D eigenvalue weighted by atomic mass is 9.53. The normalized spacial score (nSPS) is 41.7. The van der Waals surface area contributed by atoms with Gasteiger partial charge in [0.05, 0.1) is 23.2 Å². The van der Waals surface area contributed by atoms with Crippen LogP contribution < -0.4 is 0 Å². The number of hydrogen-bond donors (Lipinski definition) is 1. The number of ketones is 1. The van der Waals surface area contributed by atoms with E-state index in [1.807, 2.05) is 20.8 Å². The molecule has 294 valence electrons. The Balaban J connectivity index is 1.68. The molecule has 0 spiro atoms. The predicted molar refractivity (Wildman–Crippen MR) is 202 cm³/mol. The van der Waals surface area contributed by atoms with Crippen LogP contribution in [-0.2, 0) is 38.1 Å². The van der Waals surface area contributed by atoms with E-state index >= 15 is 0 Å². The molecule has 53 heavy (non-hydrogen) atoms. The summed E-state index contributed by atoms with van der Waals surface area (Å²) in [6, 6.07) is 0. The maximum Gasteiger partial charge on any atom is 0.314 e. The lowest BCUT2D eigenvalue weighted by molar-refractivity contribution is -0.228. The molecule has 0 amide bonds. The molecule has 9 nitrogen and oxygen atoms in total. The third kappa shape index (κ3) is 8.61. The van der Waals surface area contributed by atoms with Gasteiger partial charge in [0, 0.05) is 44.4 Å². The van der Waals surface area contributed by atoms with E-state index in [-0.39, 0.29) is 47.9 Å². The monoisotopic (exact) mass is 736 g/mol. The van der Waals surface area contributed by atoms with Crippen molar-refractivity contribution < 1.29 is 43.2 Å². The summed E-state index contributed by atoms with van der Waals surface area (Å²) in [5.41, 5.74) is 2.10. The van der Waals surface area contributed by atoms with Crippen LogP contribution >= 0.6 is 0 Å². The number of ether oxygens (including phenoxy) is 4. The standard InChI is InChI=1S/C44H64O9/c1-25(2)39-36(50-30(7)45)22-27(4)13-11-12-26(3)20-32(47)24-44-34-21-28(5)14-15-38-43(10,53-31(8)46)19-17-37(51-38)42(9,49)18-16-33(34)29(6)23-35(44)40(39)52-41(44)48/h13,20-21,25,34-40,49H,11-12,14-19,22-24H2,1-10H3/b26-20-,27-13+,28-21+/t34-,35-,36-,37-,38+,39-,40-,42?,43-,44-/m0/s1. The van der Waals surface area contributed by atoms with Crippen molar-refractivity contribution >= 4 is 23.7 Å². The van der Waals surface area contributed by atoms with Crippen molar-refractivity contribution in [2.24, 2.45) is 29.1 Å². The summed E-state index contributed by atoms with van der Waals surface area (Å²) >= 11 is 0. The molecule has 2 saturated heterocycles. The minimum Gasteiger partial charge on any atom is -0.462 e. The van der Waals surface area contributed by atoms with E-state index in [9.17, 15) is 24.3 Å². The predicted octanol–water partition coefficient (Wildman–Crippen LogP) is 8.23. The Morgan fingerprint density at radius 3 is 2.28 bits per heavy atom. The first-order valence-corrected chi connectivity index (χ1v) is 19.9. The summed E-state index contributed by atoms with van der Waals surface area (Å²) in [4.78, 5) is 54.0. The van der Waals surface area contributed by atoms with E-state index < -0.39 is 47.0 Å². The number of carbonyl (C=O) groups is 4. The van der Waals surface area contributed by atoms with Crippen LogP contribution in [0.4, 0.5) is 0 Å². The highest BCUT2D eigenvalue weighted by Crippen LogP contribution is 2.61. The van der Waals surface area contributed by atoms with Crippen molar-refractivity contribution in [1.82, 2.24) is 0 Å². The Hall–Kier alpha value is -3.04. The molecule has 0 saturated carbocycles. The highest BCUT2D eigenvalue weighted by atomic mass is 16.6. The third-order valence-electron chi connectivity index (χ3n) is 13.1. The van der Waals surface area contributed by atoms with Crippen LogP contribution in [0.3, 0.4) is 0 Å². The molecule has 0 aromatic rings. The Kier molecular flexibility index (Phi) is 12.4. The molecule has 5 rings (SSSR count). The van der Waals surface area contributed by atoms with E-state index in [4.69, 9.17) is 18.9 Å². The molecule has 0 aromatic carbocycles. The van der Waals surface area contributed by atoms with Crippen LogP contribution in [0.15, 0.2) is 46.1 Å². The summed E-state index contributed by atoms with van der Waals surface area (Å²) in [7, 11) is 0. The van der Waals surface area contributed by atoms with Crippen LogP contribution in [-0.4, -0.2) is 64.4 Å². The van der Waals surface area contributed by atoms with Gasteiger partial charge in [-0.3, -0.25) is 19.2 Å². The fourth-order valence-corrected chi connectivity index (χ4v) is 10.4. The van der Waals surface area contributed by atoms with Gasteiger partial charge in [0.1, 0.15) is 17.8 Å². The van der Waals surface area contributed by atoms with Crippen LogP contribution in [0, 0.1) is 29.1 Å². The quantitative estimate of drug-likeness (QED) is 0.173. The zero-order valence-electron chi connectivity index (χ0n) is 33.8. The van der Waals surface area contributed by atoms with Gasteiger partial charge in [-0.05, 0) is 111 Å². The van der Waals surface area contributed by atoms with E-state index in [1.165, 1.54) is 13.8 Å². The largest absolute Gasteiger partial charge is 0.462 e. The van der Waals surface area contributed by atoms with Crippen molar-refractivity contribution in [2.75, 3.05) is 0 Å². The molecule has 5 aliphatic rings. The highest BCUT2D eigenvalue weighted by Gasteiger charge is 2.66. The Labute approximate surface area is 317 Å². The van der Waals surface area contributed by atoms with Gasteiger partial charge in [-0.2, -0.15) is 0 Å². The van der Waals surface area contributed by atoms with E-state index in [0.717, 1.165) is 34.3 Å². The fraction of sp³-hybridized carbons (Fsp3) is 0.727. The topological polar surface area (TPSA) is 125 Å². The molecule has 9 heteroatoms. The Morgan fingerprint density at radius 2 is 1.62 bits per heavy atom. The van der Waals surface area contributed by atoms with Crippen molar-refractivity contribution in [1.29, 1.82) is 0 Å². The summed E-state index contributed by atoms with van der Waals surface area (Å²) in [6.07, 6.45) is 9.85. The molecule has 0 aromatic heterocycles.